The van der Waals surface area contributed by atoms with E-state index in [-0.39, 0.29) is 0 Å². The molecule has 0 saturated carbocycles. The summed E-state index contributed by atoms with van der Waals surface area (Å²) in [4.78, 5) is 4.56. The van der Waals surface area contributed by atoms with Crippen LogP contribution >= 0.6 is 15.9 Å². The molecule has 0 aliphatic rings. The quantitative estimate of drug-likeness (QED) is 0.749. The normalized spacial score (nSPS) is 10.9. The number of nitrogens with one attached hydrogen (secondary N) is 1. The second-order valence-electron chi connectivity index (χ2n) is 5.06. The van der Waals surface area contributed by atoms with Crippen molar-refractivity contribution in [3.63, 3.8) is 0 Å². The van der Waals surface area contributed by atoms with Gasteiger partial charge in [0.05, 0.1) is 11.4 Å². The lowest BCUT2D eigenvalue weighted by Gasteiger charge is -2.11. The molecule has 1 aromatic heterocycles. The van der Waals surface area contributed by atoms with Crippen LogP contribution in [0.2, 0.25) is 0 Å². The lowest BCUT2D eigenvalue weighted by Crippen LogP contribution is -2.06. The molecule has 0 aliphatic carbocycles. The number of aromatic nitrogens is 2. The minimum atomic E-state index is 0.768. The molecule has 0 aliphatic heterocycles. The molecule has 0 amide bonds. The molecule has 0 atom stereocenters. The van der Waals surface area contributed by atoms with Gasteiger partial charge in [-0.05, 0) is 60.8 Å². The Kier molecular flexibility index (Phi) is 5.82. The van der Waals surface area contributed by atoms with Crippen molar-refractivity contribution in [3.05, 3.63) is 40.1 Å². The van der Waals surface area contributed by atoms with Crippen molar-refractivity contribution in [3.8, 4) is 0 Å². The summed E-state index contributed by atoms with van der Waals surface area (Å²) in [5.74, 6) is 0.869. The van der Waals surface area contributed by atoms with Crippen LogP contribution in [0.5, 0.6) is 0 Å². The van der Waals surface area contributed by atoms with Crippen LogP contribution in [0.3, 0.4) is 0 Å². The zero-order valence-corrected chi connectivity index (χ0v) is 14.4. The van der Waals surface area contributed by atoms with E-state index in [1.807, 2.05) is 13.8 Å². The van der Waals surface area contributed by atoms with Gasteiger partial charge in [-0.1, -0.05) is 6.07 Å². The van der Waals surface area contributed by atoms with Crippen LogP contribution in [-0.2, 0) is 11.3 Å². The lowest BCUT2D eigenvalue weighted by atomic mass is 10.2. The van der Waals surface area contributed by atoms with Crippen molar-refractivity contribution in [2.24, 2.45) is 0 Å². The number of halogens is 1. The number of anilines is 2. The van der Waals surface area contributed by atoms with Crippen LogP contribution < -0.4 is 5.32 Å². The summed E-state index contributed by atoms with van der Waals surface area (Å²) in [7, 11) is 0. The molecular formula is C16H22BrN3O. The summed E-state index contributed by atoms with van der Waals surface area (Å²) < 4.78 is 8.58. The predicted molar refractivity (Wildman–Crippen MR) is 90.2 cm³/mol. The second kappa shape index (κ2) is 7.61. The maximum Gasteiger partial charge on any atom is 0.207 e. The minimum Gasteiger partial charge on any atom is -0.382 e. The van der Waals surface area contributed by atoms with Gasteiger partial charge in [0.15, 0.2) is 0 Å². The Morgan fingerprint density at radius 3 is 2.86 bits per heavy atom. The molecule has 5 heteroatoms. The Bertz CT molecular complexity index is 595. The molecule has 114 valence electrons. The van der Waals surface area contributed by atoms with Crippen molar-refractivity contribution in [1.82, 2.24) is 9.55 Å². The van der Waals surface area contributed by atoms with Gasteiger partial charge in [0.1, 0.15) is 0 Å². The Morgan fingerprint density at radius 2 is 2.14 bits per heavy atom. The number of hydrogen-bond acceptors (Lipinski definition) is 3. The molecule has 0 saturated heterocycles. The Morgan fingerprint density at radius 1 is 1.33 bits per heavy atom. The fraction of sp³-hybridized carbons (Fsp3) is 0.438. The van der Waals surface area contributed by atoms with E-state index >= 15 is 0 Å². The molecule has 2 rings (SSSR count). The lowest BCUT2D eigenvalue weighted by molar-refractivity contribution is 0.142. The van der Waals surface area contributed by atoms with Crippen molar-refractivity contribution < 1.29 is 4.74 Å². The first kappa shape index (κ1) is 16.0. The third kappa shape index (κ3) is 4.58. The summed E-state index contributed by atoms with van der Waals surface area (Å²) in [6, 6.07) is 6.24. The fourth-order valence-electron chi connectivity index (χ4n) is 2.14. The van der Waals surface area contributed by atoms with Gasteiger partial charge in [0.2, 0.25) is 5.95 Å². The predicted octanol–water partition coefficient (Wildman–Crippen LogP) is 4.43. The van der Waals surface area contributed by atoms with E-state index in [1.165, 1.54) is 5.56 Å². The van der Waals surface area contributed by atoms with Crippen molar-refractivity contribution >= 4 is 27.6 Å². The average molecular weight is 352 g/mol. The number of rotatable bonds is 7. The van der Waals surface area contributed by atoms with Crippen LogP contribution in [0, 0.1) is 13.8 Å². The Balaban J connectivity index is 2.08. The topological polar surface area (TPSA) is 39.1 Å². The van der Waals surface area contributed by atoms with E-state index in [0.29, 0.717) is 0 Å². The zero-order valence-electron chi connectivity index (χ0n) is 12.8. The monoisotopic (exact) mass is 351 g/mol. The largest absolute Gasteiger partial charge is 0.382 e. The molecule has 4 nitrogen and oxygen atoms in total. The number of benzene rings is 1. The highest BCUT2D eigenvalue weighted by atomic mass is 79.9. The maximum absolute atomic E-state index is 5.39. The zero-order chi connectivity index (χ0) is 15.2. The number of hydrogen-bond donors (Lipinski definition) is 1. The first-order valence-electron chi connectivity index (χ1n) is 7.25. The van der Waals surface area contributed by atoms with Gasteiger partial charge in [0, 0.05) is 30.4 Å². The summed E-state index contributed by atoms with van der Waals surface area (Å²) in [5.41, 5.74) is 3.26. The first-order chi connectivity index (χ1) is 10.1. The third-order valence-electron chi connectivity index (χ3n) is 3.16. The van der Waals surface area contributed by atoms with Gasteiger partial charge in [0.25, 0.3) is 0 Å². The summed E-state index contributed by atoms with van der Waals surface area (Å²) >= 11 is 3.59. The van der Waals surface area contributed by atoms with E-state index in [2.05, 4.69) is 62.1 Å². The number of nitrogens with zero attached hydrogens (tertiary/aromatic N) is 2. The summed E-state index contributed by atoms with van der Waals surface area (Å²) in [5, 5.41) is 3.39. The standard InChI is InChI=1S/C16H22BrN3O/c1-4-21-9-5-8-20-11-13(3)18-16(20)19-15-7-6-12(2)10-14(15)17/h6-7,10-11H,4-5,8-9H2,1-3H3,(H,18,19). The highest BCUT2D eigenvalue weighted by molar-refractivity contribution is 9.10. The molecule has 1 N–H and O–H groups in total. The van der Waals surface area contributed by atoms with Crippen LogP contribution in [0.4, 0.5) is 11.6 Å². The minimum absolute atomic E-state index is 0.768. The van der Waals surface area contributed by atoms with Gasteiger partial charge in [-0.15, -0.1) is 0 Å². The van der Waals surface area contributed by atoms with Gasteiger partial charge >= 0.3 is 0 Å². The molecular weight excluding hydrogens is 330 g/mol. The molecule has 1 aromatic carbocycles. The molecule has 1 heterocycles. The van der Waals surface area contributed by atoms with Crippen LogP contribution in [0.15, 0.2) is 28.9 Å². The molecule has 21 heavy (non-hydrogen) atoms. The molecule has 2 aromatic rings. The highest BCUT2D eigenvalue weighted by Gasteiger charge is 2.08. The van der Waals surface area contributed by atoms with Crippen molar-refractivity contribution in [2.45, 2.75) is 33.7 Å². The number of ether oxygens (including phenoxy) is 1. The molecule has 0 radical (unpaired) electrons. The molecule has 0 unspecified atom stereocenters. The summed E-state index contributed by atoms with van der Waals surface area (Å²) in [6.45, 7) is 8.55. The summed E-state index contributed by atoms with van der Waals surface area (Å²) in [6.07, 6.45) is 3.05. The smallest absolute Gasteiger partial charge is 0.207 e. The average Bonchev–Trinajstić information content (AvgIpc) is 2.78. The van der Waals surface area contributed by atoms with Gasteiger partial charge < -0.3 is 14.6 Å². The first-order valence-corrected chi connectivity index (χ1v) is 8.04. The Hall–Kier alpha value is -1.33. The maximum atomic E-state index is 5.39. The Labute approximate surface area is 134 Å². The fourth-order valence-corrected chi connectivity index (χ4v) is 2.73. The number of imidazole rings is 1. The van der Waals surface area contributed by atoms with E-state index < -0.39 is 0 Å². The van der Waals surface area contributed by atoms with E-state index in [4.69, 9.17) is 4.74 Å². The molecule has 0 bridgehead atoms. The van der Waals surface area contributed by atoms with E-state index in [0.717, 1.165) is 48.0 Å². The van der Waals surface area contributed by atoms with Gasteiger partial charge in [-0.3, -0.25) is 0 Å². The molecule has 0 spiro atoms. The van der Waals surface area contributed by atoms with Gasteiger partial charge in [-0.25, -0.2) is 4.98 Å². The van der Waals surface area contributed by atoms with Crippen LogP contribution in [0.25, 0.3) is 0 Å². The van der Waals surface area contributed by atoms with Crippen molar-refractivity contribution in [1.29, 1.82) is 0 Å². The second-order valence-corrected chi connectivity index (χ2v) is 5.91. The van der Waals surface area contributed by atoms with Crippen LogP contribution in [0.1, 0.15) is 24.6 Å². The van der Waals surface area contributed by atoms with E-state index in [9.17, 15) is 0 Å². The van der Waals surface area contributed by atoms with Gasteiger partial charge in [-0.2, -0.15) is 0 Å². The molecule has 0 fully saturated rings. The highest BCUT2D eigenvalue weighted by Crippen LogP contribution is 2.26. The number of aryl methyl sites for hydroxylation is 3. The third-order valence-corrected chi connectivity index (χ3v) is 3.82. The van der Waals surface area contributed by atoms with E-state index in [1.54, 1.807) is 0 Å². The van der Waals surface area contributed by atoms with Crippen LogP contribution in [-0.4, -0.2) is 22.8 Å². The van der Waals surface area contributed by atoms with Crippen molar-refractivity contribution in [2.75, 3.05) is 18.5 Å². The SMILES string of the molecule is CCOCCCn1cc(C)nc1Nc1ccc(C)cc1Br.